The molecule has 0 aliphatic heterocycles. The minimum atomic E-state index is -2.13. The third-order valence-corrected chi connectivity index (χ3v) is 6.51. The predicted molar refractivity (Wildman–Crippen MR) is 115 cm³/mol. The highest BCUT2D eigenvalue weighted by molar-refractivity contribution is 7.99. The van der Waals surface area contributed by atoms with E-state index in [1.54, 1.807) is 0 Å². The maximum atomic E-state index is 11.0. The summed E-state index contributed by atoms with van der Waals surface area (Å²) >= 11 is 3.82. The van der Waals surface area contributed by atoms with Crippen molar-refractivity contribution in [3.8, 4) is 0 Å². The van der Waals surface area contributed by atoms with Crippen LogP contribution < -0.4 is 0 Å². The molecule has 0 spiro atoms. The summed E-state index contributed by atoms with van der Waals surface area (Å²) < 4.78 is 15.2. The van der Waals surface area contributed by atoms with Crippen LogP contribution in [0.15, 0.2) is 60.7 Å². The summed E-state index contributed by atoms with van der Waals surface area (Å²) in [7, 11) is 0. The molecule has 0 amide bonds. The Morgan fingerprint density at radius 3 is 2.15 bits per heavy atom. The quantitative estimate of drug-likeness (QED) is 0.410. The van der Waals surface area contributed by atoms with Crippen LogP contribution in [0.2, 0.25) is 0 Å². The summed E-state index contributed by atoms with van der Waals surface area (Å²) in [4.78, 5) is 11.0. The van der Waals surface area contributed by atoms with Gasteiger partial charge in [-0.2, -0.15) is 23.5 Å². The summed E-state index contributed by atoms with van der Waals surface area (Å²) in [6.07, 6.45) is 0.426. The number of aliphatic carboxylic acids is 1. The fourth-order valence-electron chi connectivity index (χ4n) is 2.60. The lowest BCUT2D eigenvalue weighted by atomic mass is 10.1. The van der Waals surface area contributed by atoms with Crippen LogP contribution in [0.25, 0.3) is 0 Å². The molecule has 0 heterocycles. The summed E-state index contributed by atoms with van der Waals surface area (Å²) in [5, 5.41) is 9.37. The zero-order valence-electron chi connectivity index (χ0n) is 17.0. The Bertz CT molecular complexity index is 696. The molecule has 26 heavy (non-hydrogen) atoms. The Labute approximate surface area is 168 Å². The molecule has 0 aliphatic carbocycles. The molecule has 2 aromatic rings. The lowest BCUT2D eigenvalue weighted by Gasteiger charge is -2.16. The highest BCUT2D eigenvalue weighted by Crippen LogP contribution is 2.27. The first-order valence-electron chi connectivity index (χ1n) is 9.98. The van der Waals surface area contributed by atoms with E-state index in [-0.39, 0.29) is 6.42 Å². The normalized spacial score (nSPS) is 13.7. The molecular formula is C22H28O2S2. The second-order valence-corrected chi connectivity index (χ2v) is 8.51. The molecule has 0 fully saturated rings. The van der Waals surface area contributed by atoms with Gasteiger partial charge in [0.2, 0.25) is 0 Å². The van der Waals surface area contributed by atoms with Crippen molar-refractivity contribution in [2.24, 2.45) is 0 Å². The van der Waals surface area contributed by atoms with Gasteiger partial charge in [0.05, 0.1) is 0 Å². The average Bonchev–Trinajstić information content (AvgIpc) is 2.70. The van der Waals surface area contributed by atoms with Crippen molar-refractivity contribution in [2.45, 2.75) is 48.8 Å². The predicted octanol–water partition coefficient (Wildman–Crippen LogP) is 6.26. The number of carboxylic acid groups (broad SMARTS) is 1. The van der Waals surface area contributed by atoms with Gasteiger partial charge in [-0.25, -0.2) is 0 Å². The molecule has 2 aromatic carbocycles. The van der Waals surface area contributed by atoms with Gasteiger partial charge in [-0.15, -0.1) is 0 Å². The smallest absolute Gasteiger partial charge is 0.303 e. The van der Waals surface area contributed by atoms with E-state index < -0.39 is 12.3 Å². The maximum Gasteiger partial charge on any atom is 0.303 e. The summed E-state index contributed by atoms with van der Waals surface area (Å²) in [6, 6.07) is 20.8. The maximum absolute atomic E-state index is 11.0. The van der Waals surface area contributed by atoms with Crippen LogP contribution in [0.5, 0.6) is 0 Å². The van der Waals surface area contributed by atoms with Crippen molar-refractivity contribution in [3.63, 3.8) is 0 Å². The Morgan fingerprint density at radius 2 is 1.54 bits per heavy atom. The van der Waals surface area contributed by atoms with Gasteiger partial charge in [0.1, 0.15) is 0 Å². The highest BCUT2D eigenvalue weighted by Gasteiger charge is 2.10. The number of carboxylic acids is 1. The number of hydrogen-bond donors (Lipinski definition) is 1. The summed E-state index contributed by atoms with van der Waals surface area (Å²) in [5.41, 5.74) is 2.62. The van der Waals surface area contributed by atoms with E-state index in [0.29, 0.717) is 11.7 Å². The summed E-state index contributed by atoms with van der Waals surface area (Å²) in [6.45, 7) is 0. The number of rotatable bonds is 13. The molecule has 1 N–H and O–H groups in total. The second-order valence-electron chi connectivity index (χ2n) is 6.12. The van der Waals surface area contributed by atoms with Gasteiger partial charge in [-0.3, -0.25) is 4.79 Å². The van der Waals surface area contributed by atoms with Crippen LogP contribution in [-0.2, 0) is 16.3 Å². The van der Waals surface area contributed by atoms with Crippen molar-refractivity contribution in [2.75, 3.05) is 5.75 Å². The molecular weight excluding hydrogens is 360 g/mol. The van der Waals surface area contributed by atoms with E-state index in [4.69, 9.17) is 7.85 Å². The molecule has 1 unspecified atom stereocenters. The number of carbonyl (C=O) groups is 1. The Hall–Kier alpha value is -1.39. The van der Waals surface area contributed by atoms with Crippen LogP contribution in [0.1, 0.15) is 45.9 Å². The zero-order valence-corrected chi connectivity index (χ0v) is 16.6. The first kappa shape index (κ1) is 18.0. The number of benzene rings is 2. The minimum absolute atomic E-state index is 0.0713. The molecule has 0 aromatic heterocycles. The molecule has 0 saturated carbocycles. The molecule has 4 heteroatoms. The average molecular weight is 391 g/mol. The molecule has 0 aliphatic rings. The van der Waals surface area contributed by atoms with Gasteiger partial charge in [0.25, 0.3) is 0 Å². The lowest BCUT2D eigenvalue weighted by Crippen LogP contribution is -2.06. The molecule has 140 valence electrons. The minimum Gasteiger partial charge on any atom is -0.481 e. The largest absolute Gasteiger partial charge is 0.481 e. The van der Waals surface area contributed by atoms with E-state index >= 15 is 0 Å². The zero-order chi connectivity index (χ0) is 20.2. The van der Waals surface area contributed by atoms with Gasteiger partial charge in [-0.1, -0.05) is 67.1 Å². The van der Waals surface area contributed by atoms with Gasteiger partial charge in [0, 0.05) is 25.9 Å². The monoisotopic (exact) mass is 390 g/mol. The van der Waals surface area contributed by atoms with Crippen LogP contribution in [0, 0.1) is 0 Å². The molecule has 0 radical (unpaired) electrons. The van der Waals surface area contributed by atoms with E-state index in [0.717, 1.165) is 30.1 Å². The number of hydrogen-bond acceptors (Lipinski definition) is 3. The first-order valence-corrected chi connectivity index (χ1v) is 11.2. The first-order chi connectivity index (χ1) is 13.5. The van der Waals surface area contributed by atoms with Gasteiger partial charge < -0.3 is 5.11 Å². The Morgan fingerprint density at radius 1 is 0.923 bits per heavy atom. The highest BCUT2D eigenvalue weighted by atomic mass is 32.2. The van der Waals surface area contributed by atoms with Gasteiger partial charge >= 0.3 is 5.97 Å². The van der Waals surface area contributed by atoms with Crippen molar-refractivity contribution in [1.29, 1.82) is 0 Å². The van der Waals surface area contributed by atoms with E-state index in [1.165, 1.54) is 11.1 Å². The second kappa shape index (κ2) is 12.9. The fraction of sp³-hybridized carbons (Fsp3) is 0.409. The molecule has 1 atom stereocenters. The Balaban J connectivity index is 1.79. The third-order valence-electron chi connectivity index (χ3n) is 4.00. The van der Waals surface area contributed by atoms with Crippen molar-refractivity contribution in [1.82, 2.24) is 0 Å². The van der Waals surface area contributed by atoms with Gasteiger partial charge in [-0.05, 0) is 36.1 Å². The van der Waals surface area contributed by atoms with Crippen LogP contribution in [0.4, 0.5) is 0 Å². The van der Waals surface area contributed by atoms with Crippen molar-refractivity contribution < 1.29 is 12.6 Å². The fourth-order valence-corrected chi connectivity index (χ4v) is 5.01. The van der Waals surface area contributed by atoms with Crippen LogP contribution in [-0.4, -0.2) is 22.1 Å². The van der Waals surface area contributed by atoms with Gasteiger partial charge in [0.15, 0.2) is 0 Å². The van der Waals surface area contributed by atoms with E-state index in [9.17, 15) is 4.79 Å². The molecule has 2 rings (SSSR count). The van der Waals surface area contributed by atoms with Crippen LogP contribution >= 0.6 is 23.5 Å². The van der Waals surface area contributed by atoms with Crippen molar-refractivity contribution in [3.05, 3.63) is 71.8 Å². The third kappa shape index (κ3) is 9.35. The SMILES string of the molecule is [2H]C([2H])(CCCC(CCSCc1ccccc1)SCc1ccccc1)C(=O)O. The van der Waals surface area contributed by atoms with E-state index in [2.05, 4.69) is 36.4 Å². The standard InChI is InChI=1S/C22H28O2S2/c23-22(24)14-8-7-13-21(26-18-20-11-5-2-6-12-20)15-16-25-17-19-9-3-1-4-10-19/h1-6,9-12,21H,7-8,13-18H2,(H,23,24)/i14D2. The molecule has 2 nitrogen and oxygen atoms in total. The van der Waals surface area contributed by atoms with Crippen LogP contribution in [0.3, 0.4) is 0 Å². The van der Waals surface area contributed by atoms with Crippen molar-refractivity contribution >= 4 is 29.5 Å². The molecule has 0 bridgehead atoms. The number of thioether (sulfide) groups is 2. The summed E-state index contributed by atoms with van der Waals surface area (Å²) in [5.74, 6) is 1.62. The Kier molecular flexibility index (Phi) is 8.92. The van der Waals surface area contributed by atoms with E-state index in [1.807, 2.05) is 47.8 Å². The molecule has 0 saturated heterocycles. The lowest BCUT2D eigenvalue weighted by molar-refractivity contribution is -0.137. The topological polar surface area (TPSA) is 37.3 Å².